The Morgan fingerprint density at radius 1 is 1.58 bits per heavy atom. The number of thioether (sulfide) groups is 1. The summed E-state index contributed by atoms with van der Waals surface area (Å²) in [7, 11) is 0. The molecule has 2 heterocycles. The van der Waals surface area contributed by atoms with Crippen molar-refractivity contribution in [3.63, 3.8) is 0 Å². The van der Waals surface area contributed by atoms with Crippen LogP contribution in [0.5, 0.6) is 0 Å². The van der Waals surface area contributed by atoms with E-state index in [2.05, 4.69) is 9.36 Å². The average Bonchev–Trinajstić information content (AvgIpc) is 3.02. The lowest BCUT2D eigenvalue weighted by Crippen LogP contribution is -1.86. The minimum atomic E-state index is -0.929. The maximum atomic E-state index is 10.5. The Labute approximate surface area is 123 Å². The van der Waals surface area contributed by atoms with Crippen LogP contribution in [0.3, 0.4) is 0 Å². The van der Waals surface area contributed by atoms with E-state index in [0.717, 1.165) is 38.9 Å². The van der Waals surface area contributed by atoms with Gasteiger partial charge in [0.15, 0.2) is 4.34 Å². The van der Waals surface area contributed by atoms with Gasteiger partial charge in [0.25, 0.3) is 0 Å². The summed E-state index contributed by atoms with van der Waals surface area (Å²) in [5, 5.41) is 10.6. The van der Waals surface area contributed by atoms with Crippen molar-refractivity contribution < 1.29 is 9.90 Å². The van der Waals surface area contributed by atoms with Crippen LogP contribution in [-0.2, 0) is 17.0 Å². The fraction of sp³-hybridized carbons (Fsp3) is 0.250. The van der Waals surface area contributed by atoms with Crippen molar-refractivity contribution in [2.45, 2.75) is 23.4 Å². The van der Waals surface area contributed by atoms with Crippen LogP contribution < -0.4 is 0 Å². The summed E-state index contributed by atoms with van der Waals surface area (Å²) in [5.74, 6) is 0.737. The maximum absolute atomic E-state index is 10.5. The first-order chi connectivity index (χ1) is 9.19. The molecule has 2 aromatic rings. The van der Waals surface area contributed by atoms with Crippen LogP contribution >= 0.6 is 34.6 Å². The first-order valence-corrected chi connectivity index (χ1v) is 8.25. The van der Waals surface area contributed by atoms with Crippen LogP contribution in [0.4, 0.5) is 0 Å². The Morgan fingerprint density at radius 3 is 3.11 bits per heavy atom. The van der Waals surface area contributed by atoms with Gasteiger partial charge in [0, 0.05) is 23.1 Å². The molecule has 1 N–H and O–H groups in total. The van der Waals surface area contributed by atoms with E-state index >= 15 is 0 Å². The summed E-state index contributed by atoms with van der Waals surface area (Å²) < 4.78 is 5.19. The second-order valence-electron chi connectivity index (χ2n) is 3.59. The van der Waals surface area contributed by atoms with Gasteiger partial charge in [0.05, 0.1) is 0 Å². The summed E-state index contributed by atoms with van der Waals surface area (Å²) in [4.78, 5) is 16.1. The van der Waals surface area contributed by atoms with Crippen LogP contribution in [0.25, 0.3) is 6.08 Å². The lowest BCUT2D eigenvalue weighted by atomic mass is 10.2. The van der Waals surface area contributed by atoms with Gasteiger partial charge in [-0.3, -0.25) is 0 Å². The number of carboxylic acid groups (broad SMARTS) is 1. The lowest BCUT2D eigenvalue weighted by molar-refractivity contribution is -0.131. The third-order valence-electron chi connectivity index (χ3n) is 2.28. The van der Waals surface area contributed by atoms with Crippen molar-refractivity contribution in [1.82, 2.24) is 9.36 Å². The number of hydrogen-bond acceptors (Lipinski definition) is 6. The third-order valence-corrected chi connectivity index (χ3v) is 5.30. The molecule has 0 bridgehead atoms. The molecule has 0 aliphatic rings. The zero-order valence-electron chi connectivity index (χ0n) is 10.2. The van der Waals surface area contributed by atoms with Gasteiger partial charge in [-0.15, -0.1) is 11.3 Å². The Morgan fingerprint density at radius 2 is 2.42 bits per heavy atom. The van der Waals surface area contributed by atoms with E-state index in [1.54, 1.807) is 29.2 Å². The first kappa shape index (κ1) is 14.2. The molecule has 0 saturated heterocycles. The van der Waals surface area contributed by atoms with Gasteiger partial charge in [-0.1, -0.05) is 18.7 Å². The highest BCUT2D eigenvalue weighted by atomic mass is 32.2. The molecule has 0 saturated carbocycles. The highest BCUT2D eigenvalue weighted by Gasteiger charge is 2.07. The van der Waals surface area contributed by atoms with Gasteiger partial charge in [0.1, 0.15) is 5.82 Å². The molecule has 19 heavy (non-hydrogen) atoms. The molecule has 100 valence electrons. The van der Waals surface area contributed by atoms with E-state index in [4.69, 9.17) is 5.11 Å². The fourth-order valence-corrected chi connectivity index (χ4v) is 4.03. The van der Waals surface area contributed by atoms with Gasteiger partial charge >= 0.3 is 5.97 Å². The third kappa shape index (κ3) is 4.15. The quantitative estimate of drug-likeness (QED) is 0.653. The number of aryl methyl sites for hydroxylation is 1. The number of rotatable bonds is 6. The topological polar surface area (TPSA) is 63.1 Å². The standard InChI is InChI=1S/C12H12N2O2S3/c1-2-10-13-12(19-14-10)18-7-9-8(5-6-17-9)3-4-11(15)16/h3-6H,2,7H2,1H3,(H,15,16). The minimum absolute atomic E-state index is 0.787. The summed E-state index contributed by atoms with van der Waals surface area (Å²) in [6.07, 6.45) is 3.64. The fourth-order valence-electron chi connectivity index (χ4n) is 1.34. The van der Waals surface area contributed by atoms with Crippen LogP contribution in [-0.4, -0.2) is 20.4 Å². The molecule has 0 spiro atoms. The largest absolute Gasteiger partial charge is 0.478 e. The highest BCUT2D eigenvalue weighted by Crippen LogP contribution is 2.29. The predicted octanol–water partition coefficient (Wildman–Crippen LogP) is 3.55. The minimum Gasteiger partial charge on any atom is -0.478 e. The van der Waals surface area contributed by atoms with E-state index in [1.807, 2.05) is 18.4 Å². The van der Waals surface area contributed by atoms with Crippen molar-refractivity contribution in [1.29, 1.82) is 0 Å². The van der Waals surface area contributed by atoms with Crippen molar-refractivity contribution in [3.05, 3.63) is 33.8 Å². The first-order valence-electron chi connectivity index (χ1n) is 5.61. The zero-order valence-corrected chi connectivity index (χ0v) is 12.6. The van der Waals surface area contributed by atoms with Crippen LogP contribution in [0.15, 0.2) is 21.9 Å². The molecule has 0 amide bonds. The molecular formula is C12H12N2O2S3. The number of aromatic nitrogens is 2. The number of aliphatic carboxylic acids is 1. The van der Waals surface area contributed by atoms with Crippen molar-refractivity contribution in [2.24, 2.45) is 0 Å². The average molecular weight is 312 g/mol. The zero-order chi connectivity index (χ0) is 13.7. The molecule has 2 rings (SSSR count). The van der Waals surface area contributed by atoms with E-state index in [1.165, 1.54) is 11.5 Å². The summed E-state index contributed by atoms with van der Waals surface area (Å²) in [6, 6.07) is 1.93. The summed E-state index contributed by atoms with van der Waals surface area (Å²) in [5.41, 5.74) is 0.958. The monoisotopic (exact) mass is 312 g/mol. The summed E-state index contributed by atoms with van der Waals surface area (Å²) >= 11 is 4.68. The Kier molecular flexibility index (Phi) is 5.12. The van der Waals surface area contributed by atoms with E-state index in [-0.39, 0.29) is 0 Å². The van der Waals surface area contributed by atoms with Crippen LogP contribution in [0, 0.1) is 0 Å². The number of thiophene rings is 1. The van der Waals surface area contributed by atoms with Gasteiger partial charge in [-0.2, -0.15) is 4.37 Å². The second-order valence-corrected chi connectivity index (χ2v) is 6.56. The number of carbonyl (C=O) groups is 1. The number of carboxylic acids is 1. The molecule has 0 fully saturated rings. The maximum Gasteiger partial charge on any atom is 0.328 e. The Balaban J connectivity index is 1.99. The van der Waals surface area contributed by atoms with Gasteiger partial charge < -0.3 is 5.11 Å². The molecule has 0 aromatic carbocycles. The van der Waals surface area contributed by atoms with E-state index in [9.17, 15) is 4.79 Å². The highest BCUT2D eigenvalue weighted by molar-refractivity contribution is 8.00. The molecule has 0 radical (unpaired) electrons. The Bertz CT molecular complexity index is 589. The SMILES string of the molecule is CCc1nsc(SCc2sccc2C=CC(=O)O)n1. The smallest absolute Gasteiger partial charge is 0.328 e. The molecular weight excluding hydrogens is 300 g/mol. The van der Waals surface area contributed by atoms with Gasteiger partial charge in [-0.25, -0.2) is 9.78 Å². The second kappa shape index (κ2) is 6.83. The van der Waals surface area contributed by atoms with E-state index < -0.39 is 5.97 Å². The van der Waals surface area contributed by atoms with Crippen LogP contribution in [0.1, 0.15) is 23.2 Å². The molecule has 0 unspecified atom stereocenters. The Hall–Kier alpha value is -1.18. The number of nitrogens with zero attached hydrogens (tertiary/aromatic N) is 2. The summed E-state index contributed by atoms with van der Waals surface area (Å²) in [6.45, 7) is 2.03. The van der Waals surface area contributed by atoms with Gasteiger partial charge in [-0.05, 0) is 34.6 Å². The molecule has 0 atom stereocenters. The predicted molar refractivity (Wildman–Crippen MR) is 79.8 cm³/mol. The normalized spacial score (nSPS) is 11.2. The molecule has 4 nitrogen and oxygen atoms in total. The molecule has 2 aromatic heterocycles. The molecule has 0 aliphatic carbocycles. The molecule has 7 heteroatoms. The van der Waals surface area contributed by atoms with Gasteiger partial charge in [0.2, 0.25) is 0 Å². The van der Waals surface area contributed by atoms with Crippen LogP contribution in [0.2, 0.25) is 0 Å². The molecule has 0 aliphatic heterocycles. The lowest BCUT2D eigenvalue weighted by Gasteiger charge is -1.97. The van der Waals surface area contributed by atoms with Crippen molar-refractivity contribution in [3.8, 4) is 0 Å². The van der Waals surface area contributed by atoms with Crippen molar-refractivity contribution in [2.75, 3.05) is 0 Å². The van der Waals surface area contributed by atoms with E-state index in [0.29, 0.717) is 0 Å². The number of hydrogen-bond donors (Lipinski definition) is 1. The van der Waals surface area contributed by atoms with Crippen molar-refractivity contribution >= 4 is 46.7 Å².